The van der Waals surface area contributed by atoms with Crippen molar-refractivity contribution in [3.63, 3.8) is 0 Å². The van der Waals surface area contributed by atoms with Gasteiger partial charge in [-0.15, -0.1) is 11.6 Å². The Hall–Kier alpha value is -1.16. The molecule has 0 aliphatic heterocycles. The maximum atomic E-state index is 13.5. The summed E-state index contributed by atoms with van der Waals surface area (Å²) in [6.07, 6.45) is 3.43. The van der Waals surface area contributed by atoms with Gasteiger partial charge in [0.05, 0.1) is 5.54 Å². The first-order chi connectivity index (χ1) is 8.58. The van der Waals surface area contributed by atoms with Crippen molar-refractivity contribution in [3.05, 3.63) is 35.4 Å². The lowest BCUT2D eigenvalue weighted by molar-refractivity contribution is 0.0900. The molecule has 2 nitrogen and oxygen atoms in total. The molecule has 98 valence electrons. The van der Waals surface area contributed by atoms with Crippen molar-refractivity contribution < 1.29 is 13.6 Å². The normalized spacial score (nSPS) is 17.7. The molecule has 0 spiro atoms. The van der Waals surface area contributed by atoms with E-state index in [-0.39, 0.29) is 5.88 Å². The number of halogens is 3. The maximum absolute atomic E-state index is 13.5. The molecule has 1 fully saturated rings. The van der Waals surface area contributed by atoms with Crippen molar-refractivity contribution in [2.24, 2.45) is 0 Å². The zero-order valence-corrected chi connectivity index (χ0v) is 10.6. The minimum Gasteiger partial charge on any atom is -0.345 e. The zero-order chi connectivity index (χ0) is 13.2. The van der Waals surface area contributed by atoms with E-state index in [0.717, 1.165) is 37.8 Å². The zero-order valence-electron chi connectivity index (χ0n) is 9.81. The predicted octanol–water partition coefficient (Wildman–Crippen LogP) is 3.25. The molecule has 5 heteroatoms. The summed E-state index contributed by atoms with van der Waals surface area (Å²) >= 11 is 5.87. The summed E-state index contributed by atoms with van der Waals surface area (Å²) < 4.78 is 26.9. The standard InChI is InChI=1S/C13H14ClF2NO/c14-8-13(6-1-2-7-13)17-12(18)11-9(15)4-3-5-10(11)16/h3-5H,1-2,6-8H2,(H,17,18). The van der Waals surface area contributed by atoms with E-state index < -0.39 is 28.6 Å². The lowest BCUT2D eigenvalue weighted by Gasteiger charge is -2.28. The number of alkyl halides is 1. The summed E-state index contributed by atoms with van der Waals surface area (Å²) in [5, 5.41) is 2.69. The highest BCUT2D eigenvalue weighted by molar-refractivity contribution is 6.19. The highest BCUT2D eigenvalue weighted by Crippen LogP contribution is 2.31. The van der Waals surface area contributed by atoms with Gasteiger partial charge in [0.25, 0.3) is 5.91 Å². The predicted molar refractivity (Wildman–Crippen MR) is 65.7 cm³/mol. The number of hydrogen-bond donors (Lipinski definition) is 1. The van der Waals surface area contributed by atoms with Crippen LogP contribution in [0.15, 0.2) is 18.2 Å². The molecule has 0 bridgehead atoms. The number of carbonyl (C=O) groups excluding carboxylic acids is 1. The largest absolute Gasteiger partial charge is 0.345 e. The Labute approximate surface area is 109 Å². The first kappa shape index (κ1) is 13.3. The number of rotatable bonds is 3. The molecule has 18 heavy (non-hydrogen) atoms. The maximum Gasteiger partial charge on any atom is 0.257 e. The molecule has 1 aliphatic carbocycles. The van der Waals surface area contributed by atoms with Gasteiger partial charge in [0.1, 0.15) is 17.2 Å². The van der Waals surface area contributed by atoms with E-state index in [1.54, 1.807) is 0 Å². The number of benzene rings is 1. The Morgan fingerprint density at radius 3 is 2.33 bits per heavy atom. The van der Waals surface area contributed by atoms with Gasteiger partial charge in [-0.2, -0.15) is 0 Å². The molecule has 1 aliphatic rings. The first-order valence-electron chi connectivity index (χ1n) is 5.90. The van der Waals surface area contributed by atoms with Crippen molar-refractivity contribution in [2.75, 3.05) is 5.88 Å². The lowest BCUT2D eigenvalue weighted by Crippen LogP contribution is -2.48. The molecule has 1 amide bonds. The smallest absolute Gasteiger partial charge is 0.257 e. The van der Waals surface area contributed by atoms with Gasteiger partial charge in [-0.1, -0.05) is 18.9 Å². The van der Waals surface area contributed by atoms with Gasteiger partial charge in [0, 0.05) is 5.88 Å². The molecule has 0 unspecified atom stereocenters. The summed E-state index contributed by atoms with van der Waals surface area (Å²) in [5.41, 5.74) is -1.05. The van der Waals surface area contributed by atoms with E-state index >= 15 is 0 Å². The van der Waals surface area contributed by atoms with Crippen LogP contribution in [-0.4, -0.2) is 17.3 Å². The third kappa shape index (κ3) is 2.48. The van der Waals surface area contributed by atoms with Crippen LogP contribution in [0.1, 0.15) is 36.0 Å². The third-order valence-electron chi connectivity index (χ3n) is 3.38. The van der Waals surface area contributed by atoms with Gasteiger partial charge < -0.3 is 5.32 Å². The van der Waals surface area contributed by atoms with Gasteiger partial charge in [-0.3, -0.25) is 4.79 Å². The number of carbonyl (C=O) groups is 1. The molecule has 0 aromatic heterocycles. The summed E-state index contributed by atoms with van der Waals surface area (Å²) in [6.45, 7) is 0. The van der Waals surface area contributed by atoms with Crippen molar-refractivity contribution in [1.29, 1.82) is 0 Å². The van der Waals surface area contributed by atoms with Crippen LogP contribution in [-0.2, 0) is 0 Å². The molecule has 1 N–H and O–H groups in total. The van der Waals surface area contributed by atoms with Crippen molar-refractivity contribution in [1.82, 2.24) is 5.32 Å². The van der Waals surface area contributed by atoms with Gasteiger partial charge in [0.15, 0.2) is 0 Å². The summed E-state index contributed by atoms with van der Waals surface area (Å²) in [6, 6.07) is 3.37. The van der Waals surface area contributed by atoms with Crippen LogP contribution in [0.4, 0.5) is 8.78 Å². The fourth-order valence-corrected chi connectivity index (χ4v) is 2.70. The molecule has 0 atom stereocenters. The van der Waals surface area contributed by atoms with Gasteiger partial charge in [-0.05, 0) is 25.0 Å². The molecule has 1 aromatic carbocycles. The van der Waals surface area contributed by atoms with Gasteiger partial charge in [0.2, 0.25) is 0 Å². The van der Waals surface area contributed by atoms with Crippen LogP contribution in [0.2, 0.25) is 0 Å². The van der Waals surface area contributed by atoms with E-state index in [4.69, 9.17) is 11.6 Å². The van der Waals surface area contributed by atoms with Crippen LogP contribution in [0.25, 0.3) is 0 Å². The minimum atomic E-state index is -0.852. The van der Waals surface area contributed by atoms with Crippen LogP contribution in [0.3, 0.4) is 0 Å². The van der Waals surface area contributed by atoms with E-state index in [0.29, 0.717) is 0 Å². The molecular formula is C13H14ClF2NO. The Kier molecular flexibility index (Phi) is 3.85. The van der Waals surface area contributed by atoms with Crippen LogP contribution >= 0.6 is 11.6 Å². The number of nitrogens with one attached hydrogen (secondary N) is 1. The third-order valence-corrected chi connectivity index (χ3v) is 3.90. The molecule has 1 saturated carbocycles. The molecular weight excluding hydrogens is 260 g/mol. The highest BCUT2D eigenvalue weighted by Gasteiger charge is 2.35. The van der Waals surface area contributed by atoms with Gasteiger partial charge in [-0.25, -0.2) is 8.78 Å². The monoisotopic (exact) mass is 273 g/mol. The van der Waals surface area contributed by atoms with E-state index in [1.807, 2.05) is 0 Å². The molecule has 0 radical (unpaired) electrons. The van der Waals surface area contributed by atoms with Crippen LogP contribution < -0.4 is 5.32 Å². The second-order valence-corrected chi connectivity index (χ2v) is 4.94. The van der Waals surface area contributed by atoms with Crippen molar-refractivity contribution in [3.8, 4) is 0 Å². The summed E-state index contributed by atoms with van der Waals surface area (Å²) in [5.74, 6) is -2.17. The van der Waals surface area contributed by atoms with Crippen molar-refractivity contribution in [2.45, 2.75) is 31.2 Å². The average Bonchev–Trinajstić information content (AvgIpc) is 2.78. The second-order valence-electron chi connectivity index (χ2n) is 4.67. The van der Waals surface area contributed by atoms with Crippen molar-refractivity contribution >= 4 is 17.5 Å². The molecule has 2 rings (SSSR count). The average molecular weight is 274 g/mol. The second kappa shape index (κ2) is 5.22. The van der Waals surface area contributed by atoms with E-state index in [2.05, 4.69) is 5.32 Å². The van der Waals surface area contributed by atoms with E-state index in [9.17, 15) is 13.6 Å². The highest BCUT2D eigenvalue weighted by atomic mass is 35.5. The molecule has 0 heterocycles. The van der Waals surface area contributed by atoms with Crippen LogP contribution in [0.5, 0.6) is 0 Å². The lowest BCUT2D eigenvalue weighted by atomic mass is 9.99. The summed E-state index contributed by atoms with van der Waals surface area (Å²) in [4.78, 5) is 12.0. The van der Waals surface area contributed by atoms with Crippen LogP contribution in [0, 0.1) is 11.6 Å². The van der Waals surface area contributed by atoms with E-state index in [1.165, 1.54) is 6.07 Å². The Morgan fingerprint density at radius 1 is 1.28 bits per heavy atom. The quantitative estimate of drug-likeness (QED) is 0.842. The number of hydrogen-bond acceptors (Lipinski definition) is 1. The molecule has 1 aromatic rings. The Balaban J connectivity index is 2.22. The SMILES string of the molecule is O=C(NC1(CCl)CCCC1)c1c(F)cccc1F. The fourth-order valence-electron chi connectivity index (χ4n) is 2.36. The summed E-state index contributed by atoms with van der Waals surface area (Å²) in [7, 11) is 0. The minimum absolute atomic E-state index is 0.259. The fraction of sp³-hybridized carbons (Fsp3) is 0.462. The Morgan fingerprint density at radius 2 is 1.83 bits per heavy atom. The number of amides is 1. The first-order valence-corrected chi connectivity index (χ1v) is 6.44. The Bertz CT molecular complexity index is 438. The van der Waals surface area contributed by atoms with Gasteiger partial charge >= 0.3 is 0 Å². The topological polar surface area (TPSA) is 29.1 Å². The molecule has 0 saturated heterocycles.